The molecule has 1 heterocycles. The van der Waals surface area contributed by atoms with Gasteiger partial charge in [0.25, 0.3) is 0 Å². The first kappa shape index (κ1) is 15.3. The van der Waals surface area contributed by atoms with Gasteiger partial charge in [0.2, 0.25) is 0 Å². The minimum Gasteiger partial charge on any atom is -0.356 e. The van der Waals surface area contributed by atoms with E-state index >= 15 is 0 Å². The fourth-order valence-electron chi connectivity index (χ4n) is 1.91. The summed E-state index contributed by atoms with van der Waals surface area (Å²) in [5, 5.41) is 6.48. The molecule has 2 N–H and O–H groups in total. The lowest BCUT2D eigenvalue weighted by Gasteiger charge is -2.15. The van der Waals surface area contributed by atoms with Crippen LogP contribution >= 0.6 is 0 Å². The quantitative estimate of drug-likeness (QED) is 0.574. The topological polar surface area (TPSA) is 70.6 Å². The van der Waals surface area contributed by atoms with Gasteiger partial charge in [-0.25, -0.2) is 8.42 Å². The van der Waals surface area contributed by atoms with E-state index in [1.807, 2.05) is 0 Å². The molecule has 0 aromatic heterocycles. The predicted molar refractivity (Wildman–Crippen MR) is 75.6 cm³/mol. The monoisotopic (exact) mass is 275 g/mol. The van der Waals surface area contributed by atoms with Crippen LogP contribution in [0.5, 0.6) is 0 Å². The fourth-order valence-corrected chi connectivity index (χ4v) is 3.76. The van der Waals surface area contributed by atoms with Crippen molar-refractivity contribution in [3.05, 3.63) is 0 Å². The molecule has 0 spiro atoms. The Balaban J connectivity index is 2.49. The van der Waals surface area contributed by atoms with Gasteiger partial charge in [0, 0.05) is 19.1 Å². The summed E-state index contributed by atoms with van der Waals surface area (Å²) in [6.45, 7) is 7.68. The van der Waals surface area contributed by atoms with Gasteiger partial charge in [-0.1, -0.05) is 6.92 Å². The lowest BCUT2D eigenvalue weighted by molar-refractivity contribution is 0.587. The van der Waals surface area contributed by atoms with Gasteiger partial charge >= 0.3 is 0 Å². The Morgan fingerprint density at radius 2 is 2.17 bits per heavy atom. The van der Waals surface area contributed by atoms with Crippen LogP contribution < -0.4 is 10.6 Å². The largest absolute Gasteiger partial charge is 0.356 e. The summed E-state index contributed by atoms with van der Waals surface area (Å²) < 4.78 is 22.7. The predicted octanol–water partition coefficient (Wildman–Crippen LogP) is 0.775. The van der Waals surface area contributed by atoms with Crippen LogP contribution in [0.3, 0.4) is 0 Å². The molecule has 1 fully saturated rings. The van der Waals surface area contributed by atoms with E-state index in [1.54, 1.807) is 0 Å². The molecule has 0 amide bonds. The summed E-state index contributed by atoms with van der Waals surface area (Å²) in [5.74, 6) is 1.58. The molecule has 0 aromatic carbocycles. The van der Waals surface area contributed by atoms with Crippen LogP contribution in [0.2, 0.25) is 0 Å². The molecule has 0 aliphatic carbocycles. The van der Waals surface area contributed by atoms with Crippen LogP contribution in [-0.4, -0.2) is 45.0 Å². The highest BCUT2D eigenvalue weighted by Crippen LogP contribution is 2.18. The first-order valence-corrected chi connectivity index (χ1v) is 8.50. The standard InChI is InChI=1S/C12H25N3O2S/c1-4-6-13-12(15-10(2)3)14-8-11-5-7-18(16,17)9-11/h10-11H,4-9H2,1-3H3,(H2,13,14,15). The minimum atomic E-state index is -2.79. The van der Waals surface area contributed by atoms with Gasteiger partial charge < -0.3 is 10.6 Å². The number of hydrogen-bond acceptors (Lipinski definition) is 3. The second-order valence-corrected chi connectivity index (χ2v) is 7.41. The van der Waals surface area contributed by atoms with Gasteiger partial charge in [-0.2, -0.15) is 0 Å². The van der Waals surface area contributed by atoms with Gasteiger partial charge in [0.1, 0.15) is 0 Å². The van der Waals surface area contributed by atoms with E-state index in [4.69, 9.17) is 0 Å². The van der Waals surface area contributed by atoms with Crippen LogP contribution in [0.25, 0.3) is 0 Å². The summed E-state index contributed by atoms with van der Waals surface area (Å²) in [6, 6.07) is 0.320. The van der Waals surface area contributed by atoms with Crippen molar-refractivity contribution in [2.45, 2.75) is 39.7 Å². The second-order valence-electron chi connectivity index (χ2n) is 5.18. The zero-order chi connectivity index (χ0) is 13.6. The van der Waals surface area contributed by atoms with Crippen molar-refractivity contribution in [3.8, 4) is 0 Å². The molecule has 1 atom stereocenters. The summed E-state index contributed by atoms with van der Waals surface area (Å²) >= 11 is 0. The number of sulfone groups is 1. The third-order valence-corrected chi connectivity index (χ3v) is 4.64. The molecule has 106 valence electrons. The Morgan fingerprint density at radius 1 is 1.44 bits per heavy atom. The SMILES string of the molecule is CCCNC(=NCC1CCS(=O)(=O)C1)NC(C)C. The van der Waals surface area contributed by atoms with Crippen LogP contribution in [0.15, 0.2) is 4.99 Å². The minimum absolute atomic E-state index is 0.183. The van der Waals surface area contributed by atoms with Crippen molar-refractivity contribution in [1.29, 1.82) is 0 Å². The number of nitrogens with zero attached hydrogens (tertiary/aromatic N) is 1. The number of aliphatic imine (C=N–C) groups is 1. The summed E-state index contributed by atoms with van der Waals surface area (Å²) in [7, 11) is -2.79. The summed E-state index contributed by atoms with van der Waals surface area (Å²) in [5.41, 5.74) is 0. The lowest BCUT2D eigenvalue weighted by atomic mass is 10.1. The third kappa shape index (κ3) is 5.71. The van der Waals surface area contributed by atoms with Gasteiger partial charge in [-0.3, -0.25) is 4.99 Å². The lowest BCUT2D eigenvalue weighted by Crippen LogP contribution is -2.41. The van der Waals surface area contributed by atoms with E-state index in [-0.39, 0.29) is 5.92 Å². The molecule has 0 saturated carbocycles. The van der Waals surface area contributed by atoms with Crippen molar-refractivity contribution < 1.29 is 8.42 Å². The van der Waals surface area contributed by atoms with Crippen LogP contribution in [-0.2, 0) is 9.84 Å². The highest BCUT2D eigenvalue weighted by atomic mass is 32.2. The average molecular weight is 275 g/mol. The summed E-state index contributed by atoms with van der Waals surface area (Å²) in [6.07, 6.45) is 1.78. The Morgan fingerprint density at radius 3 is 2.67 bits per heavy atom. The number of nitrogens with one attached hydrogen (secondary N) is 2. The van der Waals surface area contributed by atoms with E-state index in [2.05, 4.69) is 36.4 Å². The van der Waals surface area contributed by atoms with E-state index in [0.29, 0.717) is 24.1 Å². The molecule has 1 rings (SSSR count). The molecule has 0 aromatic rings. The maximum atomic E-state index is 11.4. The van der Waals surface area contributed by atoms with E-state index < -0.39 is 9.84 Å². The third-order valence-electron chi connectivity index (χ3n) is 2.80. The second kappa shape index (κ2) is 6.97. The molecule has 1 aliphatic heterocycles. The van der Waals surface area contributed by atoms with E-state index in [1.165, 1.54) is 0 Å². The van der Waals surface area contributed by atoms with Crippen molar-refractivity contribution in [2.75, 3.05) is 24.6 Å². The molecule has 1 aliphatic rings. The smallest absolute Gasteiger partial charge is 0.191 e. The first-order chi connectivity index (χ1) is 8.43. The van der Waals surface area contributed by atoms with E-state index in [9.17, 15) is 8.42 Å². The van der Waals surface area contributed by atoms with Crippen molar-refractivity contribution in [1.82, 2.24) is 10.6 Å². The van der Waals surface area contributed by atoms with Crippen LogP contribution in [0.1, 0.15) is 33.6 Å². The van der Waals surface area contributed by atoms with Gasteiger partial charge in [0.15, 0.2) is 15.8 Å². The van der Waals surface area contributed by atoms with E-state index in [0.717, 1.165) is 25.3 Å². The zero-order valence-corrected chi connectivity index (χ0v) is 12.4. The molecule has 0 bridgehead atoms. The maximum absolute atomic E-state index is 11.4. The molecule has 6 heteroatoms. The maximum Gasteiger partial charge on any atom is 0.191 e. The molecule has 1 unspecified atom stereocenters. The first-order valence-electron chi connectivity index (χ1n) is 6.68. The number of hydrogen-bond donors (Lipinski definition) is 2. The Hall–Kier alpha value is -0.780. The highest BCUT2D eigenvalue weighted by Gasteiger charge is 2.27. The molecule has 18 heavy (non-hydrogen) atoms. The number of rotatable bonds is 5. The fraction of sp³-hybridized carbons (Fsp3) is 0.917. The van der Waals surface area contributed by atoms with Crippen molar-refractivity contribution in [3.63, 3.8) is 0 Å². The Bertz CT molecular complexity index is 377. The molecular formula is C12H25N3O2S. The van der Waals surface area contributed by atoms with Crippen molar-refractivity contribution in [2.24, 2.45) is 10.9 Å². The molecular weight excluding hydrogens is 250 g/mol. The van der Waals surface area contributed by atoms with Gasteiger partial charge in [-0.15, -0.1) is 0 Å². The highest BCUT2D eigenvalue weighted by molar-refractivity contribution is 7.91. The summed E-state index contributed by atoms with van der Waals surface area (Å²) in [4.78, 5) is 4.48. The van der Waals surface area contributed by atoms with Gasteiger partial charge in [0.05, 0.1) is 11.5 Å². The van der Waals surface area contributed by atoms with Crippen LogP contribution in [0.4, 0.5) is 0 Å². The Labute approximate surface area is 110 Å². The molecule has 0 radical (unpaired) electrons. The number of guanidine groups is 1. The molecule has 1 saturated heterocycles. The van der Waals surface area contributed by atoms with Gasteiger partial charge in [-0.05, 0) is 32.6 Å². The van der Waals surface area contributed by atoms with Crippen LogP contribution in [0, 0.1) is 5.92 Å². The molecule has 5 nitrogen and oxygen atoms in total. The van der Waals surface area contributed by atoms with Crippen molar-refractivity contribution >= 4 is 15.8 Å². The zero-order valence-electron chi connectivity index (χ0n) is 11.6. The Kier molecular flexibility index (Phi) is 5.91. The average Bonchev–Trinajstić information content (AvgIpc) is 2.61. The normalized spacial score (nSPS) is 23.3.